The van der Waals surface area contributed by atoms with Gasteiger partial charge in [0.2, 0.25) is 0 Å². The second-order valence-electron chi connectivity index (χ2n) is 2.82. The van der Waals surface area contributed by atoms with Crippen LogP contribution in [0.5, 0.6) is 0 Å². The average Bonchev–Trinajstić information content (AvgIpc) is 2.16. The molecule has 0 amide bonds. The summed E-state index contributed by atoms with van der Waals surface area (Å²) in [5, 5.41) is 45.7. The van der Waals surface area contributed by atoms with Crippen molar-refractivity contribution in [2.75, 3.05) is 0 Å². The van der Waals surface area contributed by atoms with Crippen molar-refractivity contribution in [2.24, 2.45) is 0 Å². The number of hydrogen-bond donors (Lipinski definition) is 4. The van der Waals surface area contributed by atoms with Crippen molar-refractivity contribution < 1.29 is 25.0 Å². The molecule has 78 valence electrons. The lowest BCUT2D eigenvalue weighted by atomic mass is 9.74. The van der Waals surface area contributed by atoms with E-state index in [1.165, 1.54) is 0 Å². The van der Waals surface area contributed by atoms with Crippen LogP contribution in [0.2, 0.25) is 0 Å². The molecule has 0 heterocycles. The highest BCUT2D eigenvalue weighted by Crippen LogP contribution is 2.05. The van der Waals surface area contributed by atoms with Gasteiger partial charge in [0.25, 0.3) is 5.69 Å². The first kappa shape index (κ1) is 11.7. The predicted octanol–water partition coefficient (Wildman–Crippen LogP) is -3.05. The molecule has 0 spiro atoms. The molecular weight excluding hydrogens is 204 g/mol. The zero-order valence-electron chi connectivity index (χ0n) is 7.44. The van der Waals surface area contributed by atoms with Crippen LogP contribution in [-0.2, 0) is 0 Å². The normalized spacial score (nSPS) is 9.87. The van der Waals surface area contributed by atoms with Crippen molar-refractivity contribution in [3.05, 3.63) is 28.3 Å². The maximum atomic E-state index is 10.5. The van der Waals surface area contributed by atoms with Gasteiger partial charge in [-0.1, -0.05) is 12.1 Å². The van der Waals surface area contributed by atoms with Gasteiger partial charge in [-0.05, 0) is 5.46 Å². The summed E-state index contributed by atoms with van der Waals surface area (Å²) in [6, 6.07) is 3.09. The van der Waals surface area contributed by atoms with Gasteiger partial charge in [-0.25, -0.2) is 0 Å². The van der Waals surface area contributed by atoms with E-state index in [-0.39, 0.29) is 10.9 Å². The highest BCUT2D eigenvalue weighted by atomic mass is 16.6. The number of benzene rings is 1. The Kier molecular flexibility index (Phi) is 3.43. The van der Waals surface area contributed by atoms with Crippen molar-refractivity contribution in [1.29, 1.82) is 0 Å². The highest BCUT2D eigenvalue weighted by Gasteiger charge is 2.25. The van der Waals surface area contributed by atoms with E-state index in [2.05, 4.69) is 0 Å². The zero-order chi connectivity index (χ0) is 11.6. The van der Waals surface area contributed by atoms with Gasteiger partial charge >= 0.3 is 14.2 Å². The monoisotopic (exact) mass is 211 g/mol. The van der Waals surface area contributed by atoms with Crippen LogP contribution in [-0.4, -0.2) is 39.3 Å². The number of nitrogens with zero attached hydrogens (tertiary/aromatic N) is 1. The molecule has 1 aromatic carbocycles. The first-order chi connectivity index (χ1) is 6.93. The Balaban J connectivity index is 3.27. The van der Waals surface area contributed by atoms with Gasteiger partial charge < -0.3 is 20.1 Å². The van der Waals surface area contributed by atoms with E-state index in [0.717, 1.165) is 18.2 Å². The second kappa shape index (κ2) is 4.41. The Morgan fingerprint density at radius 3 is 2.13 bits per heavy atom. The third-order valence-electron chi connectivity index (χ3n) is 1.83. The predicted molar refractivity (Wildman–Crippen MR) is 52.7 cm³/mol. The highest BCUT2D eigenvalue weighted by molar-refractivity contribution is 6.62. The molecule has 0 unspecified atom stereocenters. The average molecular weight is 211 g/mol. The van der Waals surface area contributed by atoms with Gasteiger partial charge in [0.15, 0.2) is 0 Å². The molecule has 0 aliphatic heterocycles. The number of nitro benzene ring substituents is 1. The smallest absolute Gasteiger partial charge is 0.423 e. The van der Waals surface area contributed by atoms with E-state index in [4.69, 9.17) is 20.1 Å². The topological polar surface area (TPSA) is 124 Å². The molecule has 0 saturated heterocycles. The number of hydrogen-bond acceptors (Lipinski definition) is 6. The molecule has 4 N–H and O–H groups in total. The Bertz CT molecular complexity index is 382. The van der Waals surface area contributed by atoms with Gasteiger partial charge in [-0.3, -0.25) is 10.1 Å². The standard InChI is InChI=1S/C6H7B2NO6/c10-7(11)4-1-2-5(8(12)13)6(3-4)9(14)15/h1-3,10-13H. The largest absolute Gasteiger partial charge is 0.495 e. The van der Waals surface area contributed by atoms with Gasteiger partial charge in [-0.2, -0.15) is 0 Å². The molecule has 0 aliphatic rings. The first-order valence-corrected chi connectivity index (χ1v) is 3.94. The SMILES string of the molecule is O=[N+]([O-])c1cc(B(O)O)ccc1B(O)O. The number of nitro groups is 1. The van der Waals surface area contributed by atoms with Crippen LogP contribution in [0.3, 0.4) is 0 Å². The summed E-state index contributed by atoms with van der Waals surface area (Å²) in [5.41, 5.74) is -0.967. The first-order valence-electron chi connectivity index (χ1n) is 3.94. The van der Waals surface area contributed by atoms with Crippen LogP contribution in [0.25, 0.3) is 0 Å². The molecule has 9 heteroatoms. The van der Waals surface area contributed by atoms with E-state index in [1.54, 1.807) is 0 Å². The molecule has 15 heavy (non-hydrogen) atoms. The second-order valence-corrected chi connectivity index (χ2v) is 2.82. The molecule has 0 aromatic heterocycles. The Morgan fingerprint density at radius 2 is 1.73 bits per heavy atom. The van der Waals surface area contributed by atoms with Crippen LogP contribution in [0.4, 0.5) is 5.69 Å². The lowest BCUT2D eigenvalue weighted by Crippen LogP contribution is -2.36. The van der Waals surface area contributed by atoms with Crippen LogP contribution < -0.4 is 10.9 Å². The maximum absolute atomic E-state index is 10.5. The molecule has 0 atom stereocenters. The van der Waals surface area contributed by atoms with E-state index in [1.807, 2.05) is 0 Å². The van der Waals surface area contributed by atoms with E-state index in [0.29, 0.717) is 0 Å². The molecule has 0 radical (unpaired) electrons. The van der Waals surface area contributed by atoms with Crippen molar-refractivity contribution in [2.45, 2.75) is 0 Å². The summed E-state index contributed by atoms with van der Waals surface area (Å²) >= 11 is 0. The Morgan fingerprint density at radius 1 is 1.13 bits per heavy atom. The van der Waals surface area contributed by atoms with Crippen molar-refractivity contribution in [3.63, 3.8) is 0 Å². The summed E-state index contributed by atoms with van der Waals surface area (Å²) in [6.07, 6.45) is 0. The van der Waals surface area contributed by atoms with Gasteiger partial charge in [0.1, 0.15) is 0 Å². The molecule has 1 aromatic rings. The summed E-state index contributed by atoms with van der Waals surface area (Å²) < 4.78 is 0. The molecule has 0 saturated carbocycles. The Hall–Kier alpha value is -1.41. The maximum Gasteiger partial charge on any atom is 0.495 e. The summed E-state index contributed by atoms with van der Waals surface area (Å²) in [4.78, 5) is 9.69. The lowest BCUT2D eigenvalue weighted by molar-refractivity contribution is -0.383. The van der Waals surface area contributed by atoms with Crippen LogP contribution >= 0.6 is 0 Å². The van der Waals surface area contributed by atoms with Crippen LogP contribution in [0.15, 0.2) is 18.2 Å². The molecular formula is C6H7B2NO6. The third-order valence-corrected chi connectivity index (χ3v) is 1.83. The summed E-state index contributed by atoms with van der Waals surface area (Å²) in [6.45, 7) is 0. The summed E-state index contributed by atoms with van der Waals surface area (Å²) in [7, 11) is -3.82. The zero-order valence-corrected chi connectivity index (χ0v) is 7.44. The fraction of sp³-hybridized carbons (Fsp3) is 0. The molecule has 0 bridgehead atoms. The fourth-order valence-corrected chi connectivity index (χ4v) is 1.10. The quantitative estimate of drug-likeness (QED) is 0.239. The minimum Gasteiger partial charge on any atom is -0.423 e. The minimum atomic E-state index is -1.98. The van der Waals surface area contributed by atoms with E-state index < -0.39 is 24.8 Å². The molecule has 1 rings (SSSR count). The van der Waals surface area contributed by atoms with E-state index >= 15 is 0 Å². The molecule has 7 nitrogen and oxygen atoms in total. The van der Waals surface area contributed by atoms with Crippen molar-refractivity contribution in [1.82, 2.24) is 0 Å². The molecule has 0 aliphatic carbocycles. The van der Waals surface area contributed by atoms with Crippen LogP contribution in [0.1, 0.15) is 0 Å². The third kappa shape index (κ3) is 2.54. The summed E-state index contributed by atoms with van der Waals surface area (Å²) in [5.74, 6) is 0. The van der Waals surface area contributed by atoms with Gasteiger partial charge in [0.05, 0.1) is 10.4 Å². The van der Waals surface area contributed by atoms with Gasteiger partial charge in [0, 0.05) is 6.07 Å². The minimum absolute atomic E-state index is 0.0916. The molecule has 0 fully saturated rings. The Labute approximate surface area is 85.0 Å². The fourth-order valence-electron chi connectivity index (χ4n) is 1.10. The van der Waals surface area contributed by atoms with Crippen molar-refractivity contribution >= 4 is 30.8 Å². The van der Waals surface area contributed by atoms with Crippen LogP contribution in [0, 0.1) is 10.1 Å². The van der Waals surface area contributed by atoms with E-state index in [9.17, 15) is 10.1 Å². The van der Waals surface area contributed by atoms with Crippen molar-refractivity contribution in [3.8, 4) is 0 Å². The number of rotatable bonds is 3. The van der Waals surface area contributed by atoms with Gasteiger partial charge in [-0.15, -0.1) is 0 Å². The lowest BCUT2D eigenvalue weighted by Gasteiger charge is -2.04.